The van der Waals surface area contributed by atoms with Crippen LogP contribution in [-0.4, -0.2) is 30.7 Å². The summed E-state index contributed by atoms with van der Waals surface area (Å²) in [6.45, 7) is 2.13. The quantitative estimate of drug-likeness (QED) is 0.686. The largest absolute Gasteiger partial charge is 0.493 e. The molecule has 0 aliphatic carbocycles. The number of anilines is 2. The zero-order valence-electron chi connectivity index (χ0n) is 16.5. The van der Waals surface area contributed by atoms with Gasteiger partial charge in [-0.3, -0.25) is 0 Å². The van der Waals surface area contributed by atoms with Crippen LogP contribution in [0.4, 0.5) is 16.2 Å². The number of nitrogens with one attached hydrogen (secondary N) is 1. The second-order valence-corrected chi connectivity index (χ2v) is 6.87. The highest BCUT2D eigenvalue weighted by molar-refractivity contribution is 5.52. The lowest BCUT2D eigenvalue weighted by molar-refractivity contribution is 0.353. The summed E-state index contributed by atoms with van der Waals surface area (Å²) >= 11 is 0. The zero-order valence-corrected chi connectivity index (χ0v) is 16.5. The minimum Gasteiger partial charge on any atom is -0.493 e. The molecule has 0 saturated heterocycles. The van der Waals surface area contributed by atoms with Crippen molar-refractivity contribution in [3.63, 3.8) is 0 Å². The molecule has 1 aliphatic rings. The van der Waals surface area contributed by atoms with Crippen molar-refractivity contribution in [2.75, 3.05) is 31.0 Å². The molecule has 6 nitrogen and oxygen atoms in total. The van der Waals surface area contributed by atoms with E-state index in [2.05, 4.69) is 26.3 Å². The summed E-state index contributed by atoms with van der Waals surface area (Å²) in [5.41, 5.74) is 3.43. The molecule has 3 aromatic rings. The molecule has 0 saturated carbocycles. The van der Waals surface area contributed by atoms with Gasteiger partial charge in [0.15, 0.2) is 11.5 Å². The molecule has 2 heterocycles. The van der Waals surface area contributed by atoms with E-state index in [4.69, 9.17) is 9.47 Å². The molecule has 29 heavy (non-hydrogen) atoms. The van der Waals surface area contributed by atoms with Crippen LogP contribution < -0.4 is 19.7 Å². The molecular weight excluding hydrogens is 371 g/mol. The lowest BCUT2D eigenvalue weighted by Crippen LogP contribution is -2.31. The SMILES string of the molecule is COc1cc2c(cc1OC)CN(c1ccnc(NCc3ccc(F)cc3)n1)CC2. The molecule has 7 heteroatoms. The molecule has 1 N–H and O–H groups in total. The fourth-order valence-electron chi connectivity index (χ4n) is 3.47. The van der Waals surface area contributed by atoms with Gasteiger partial charge in [-0.25, -0.2) is 9.37 Å². The van der Waals surface area contributed by atoms with Crippen LogP contribution in [0, 0.1) is 5.82 Å². The highest BCUT2D eigenvalue weighted by Gasteiger charge is 2.20. The third-order valence-electron chi connectivity index (χ3n) is 5.05. The van der Waals surface area contributed by atoms with E-state index < -0.39 is 0 Å². The van der Waals surface area contributed by atoms with E-state index in [-0.39, 0.29) is 5.82 Å². The van der Waals surface area contributed by atoms with Gasteiger partial charge in [0.25, 0.3) is 0 Å². The van der Waals surface area contributed by atoms with E-state index in [9.17, 15) is 4.39 Å². The first-order chi connectivity index (χ1) is 14.2. The standard InChI is InChI=1S/C22H23FN4O2/c1-28-19-11-16-8-10-27(14-17(16)12-20(19)29-2)21-7-9-24-22(26-21)25-13-15-3-5-18(23)6-4-15/h3-7,9,11-12H,8,10,13-14H2,1-2H3,(H,24,25,26). The maximum absolute atomic E-state index is 13.0. The molecule has 0 atom stereocenters. The first-order valence-corrected chi connectivity index (χ1v) is 9.46. The number of methoxy groups -OCH3 is 2. The second kappa shape index (κ2) is 8.34. The number of benzene rings is 2. The molecule has 0 unspecified atom stereocenters. The van der Waals surface area contributed by atoms with Gasteiger partial charge in [-0.15, -0.1) is 0 Å². The van der Waals surface area contributed by atoms with Gasteiger partial charge in [-0.2, -0.15) is 4.98 Å². The van der Waals surface area contributed by atoms with Crippen LogP contribution in [0.25, 0.3) is 0 Å². The van der Waals surface area contributed by atoms with Crippen LogP contribution in [0.15, 0.2) is 48.7 Å². The molecule has 1 aromatic heterocycles. The van der Waals surface area contributed by atoms with Gasteiger partial charge in [0.2, 0.25) is 5.95 Å². The van der Waals surface area contributed by atoms with Gasteiger partial charge in [0.05, 0.1) is 14.2 Å². The Labute approximate surface area is 169 Å². The van der Waals surface area contributed by atoms with E-state index in [0.29, 0.717) is 12.5 Å². The Morgan fingerprint density at radius 2 is 1.76 bits per heavy atom. The van der Waals surface area contributed by atoms with Gasteiger partial charge in [-0.1, -0.05) is 12.1 Å². The number of hydrogen-bond acceptors (Lipinski definition) is 6. The molecule has 0 bridgehead atoms. The predicted octanol–water partition coefficient (Wildman–Crippen LogP) is 3.81. The minimum atomic E-state index is -0.244. The van der Waals surface area contributed by atoms with Crippen LogP contribution in [0.5, 0.6) is 11.5 Å². The van der Waals surface area contributed by atoms with E-state index in [0.717, 1.165) is 42.4 Å². The van der Waals surface area contributed by atoms with Crippen LogP contribution >= 0.6 is 0 Å². The van der Waals surface area contributed by atoms with E-state index in [1.165, 1.54) is 23.3 Å². The molecule has 1 aliphatic heterocycles. The van der Waals surface area contributed by atoms with Crippen molar-refractivity contribution in [1.29, 1.82) is 0 Å². The molecule has 0 spiro atoms. The topological polar surface area (TPSA) is 59.5 Å². The minimum absolute atomic E-state index is 0.244. The summed E-state index contributed by atoms with van der Waals surface area (Å²) in [6, 6.07) is 12.4. The fourth-order valence-corrected chi connectivity index (χ4v) is 3.47. The number of hydrogen-bond donors (Lipinski definition) is 1. The summed E-state index contributed by atoms with van der Waals surface area (Å²) in [5.74, 6) is 2.66. The molecule has 0 amide bonds. The summed E-state index contributed by atoms with van der Waals surface area (Å²) in [7, 11) is 3.30. The number of fused-ring (bicyclic) bond motifs is 1. The van der Waals surface area contributed by atoms with Crippen LogP contribution in [0.3, 0.4) is 0 Å². The third-order valence-corrected chi connectivity index (χ3v) is 5.05. The lowest BCUT2D eigenvalue weighted by atomic mass is 9.99. The molecule has 150 valence electrons. The second-order valence-electron chi connectivity index (χ2n) is 6.87. The normalized spacial score (nSPS) is 13.0. The van der Waals surface area contributed by atoms with Gasteiger partial charge < -0.3 is 19.7 Å². The van der Waals surface area contributed by atoms with Gasteiger partial charge >= 0.3 is 0 Å². The third kappa shape index (κ3) is 4.23. The van der Waals surface area contributed by atoms with Gasteiger partial charge in [0.1, 0.15) is 11.6 Å². The number of rotatable bonds is 6. The van der Waals surface area contributed by atoms with E-state index >= 15 is 0 Å². The van der Waals surface area contributed by atoms with Crippen molar-refractivity contribution >= 4 is 11.8 Å². The zero-order chi connectivity index (χ0) is 20.2. The molecule has 4 rings (SSSR count). The lowest BCUT2D eigenvalue weighted by Gasteiger charge is -2.30. The highest BCUT2D eigenvalue weighted by Crippen LogP contribution is 2.34. The van der Waals surface area contributed by atoms with Crippen molar-refractivity contribution in [2.45, 2.75) is 19.5 Å². The maximum atomic E-state index is 13.0. The number of nitrogens with zero attached hydrogens (tertiary/aromatic N) is 3. The number of aromatic nitrogens is 2. The Bertz CT molecular complexity index is 995. The van der Waals surface area contributed by atoms with Crippen LogP contribution in [0.2, 0.25) is 0 Å². The summed E-state index contributed by atoms with van der Waals surface area (Å²) in [4.78, 5) is 11.2. The van der Waals surface area contributed by atoms with Crippen LogP contribution in [-0.2, 0) is 19.5 Å². The monoisotopic (exact) mass is 394 g/mol. The Balaban J connectivity index is 1.48. The van der Waals surface area contributed by atoms with Crippen molar-refractivity contribution < 1.29 is 13.9 Å². The van der Waals surface area contributed by atoms with Gasteiger partial charge in [0, 0.05) is 25.8 Å². The summed E-state index contributed by atoms with van der Waals surface area (Å²) < 4.78 is 23.9. The van der Waals surface area contributed by atoms with Crippen molar-refractivity contribution in [3.8, 4) is 11.5 Å². The van der Waals surface area contributed by atoms with E-state index in [1.54, 1.807) is 32.5 Å². The summed E-state index contributed by atoms with van der Waals surface area (Å²) in [5, 5.41) is 3.20. The van der Waals surface area contributed by atoms with Crippen molar-refractivity contribution in [2.24, 2.45) is 0 Å². The number of halogens is 1. The fraction of sp³-hybridized carbons (Fsp3) is 0.273. The van der Waals surface area contributed by atoms with Gasteiger partial charge in [-0.05, 0) is 53.4 Å². The molecule has 0 fully saturated rings. The van der Waals surface area contributed by atoms with Crippen molar-refractivity contribution in [1.82, 2.24) is 9.97 Å². The molecule has 2 aromatic carbocycles. The Morgan fingerprint density at radius 3 is 2.48 bits per heavy atom. The Morgan fingerprint density at radius 1 is 1.03 bits per heavy atom. The van der Waals surface area contributed by atoms with E-state index in [1.807, 2.05) is 12.1 Å². The molecular formula is C22H23FN4O2. The first-order valence-electron chi connectivity index (χ1n) is 9.46. The smallest absolute Gasteiger partial charge is 0.224 e. The first kappa shape index (κ1) is 19.0. The number of ether oxygens (including phenoxy) is 2. The van der Waals surface area contributed by atoms with Crippen LogP contribution in [0.1, 0.15) is 16.7 Å². The van der Waals surface area contributed by atoms with Crippen molar-refractivity contribution in [3.05, 3.63) is 71.2 Å². The Hall–Kier alpha value is -3.35. The Kier molecular flexibility index (Phi) is 5.46. The highest BCUT2D eigenvalue weighted by atomic mass is 19.1. The summed E-state index contributed by atoms with van der Waals surface area (Å²) in [6.07, 6.45) is 2.65. The molecule has 0 radical (unpaired) electrons. The average Bonchev–Trinajstić information content (AvgIpc) is 2.77. The predicted molar refractivity (Wildman–Crippen MR) is 110 cm³/mol. The average molecular weight is 394 g/mol. The maximum Gasteiger partial charge on any atom is 0.224 e.